The van der Waals surface area contributed by atoms with E-state index in [2.05, 4.69) is 27.2 Å². The van der Waals surface area contributed by atoms with Crippen LogP contribution in [-0.2, 0) is 4.79 Å². The van der Waals surface area contributed by atoms with E-state index in [1.165, 1.54) is 23.4 Å². The molecule has 3 atom stereocenters. The number of rotatable bonds is 5. The van der Waals surface area contributed by atoms with Crippen LogP contribution in [-0.4, -0.2) is 49.1 Å². The van der Waals surface area contributed by atoms with Crippen LogP contribution in [0.15, 0.2) is 42.5 Å². The number of fused-ring (bicyclic) bond motifs is 3. The van der Waals surface area contributed by atoms with Crippen molar-refractivity contribution in [2.45, 2.75) is 37.8 Å². The van der Waals surface area contributed by atoms with Crippen LogP contribution < -0.4 is 15.0 Å². The summed E-state index contributed by atoms with van der Waals surface area (Å²) in [5.74, 6) is 0.995. The number of benzene rings is 2. The highest BCUT2D eigenvalue weighted by molar-refractivity contribution is 6.05. The number of hydrogen-bond donors (Lipinski definition) is 1. The van der Waals surface area contributed by atoms with Gasteiger partial charge in [-0.3, -0.25) is 4.79 Å². The molecule has 0 bridgehead atoms. The number of piperidine rings is 1. The van der Waals surface area contributed by atoms with E-state index in [4.69, 9.17) is 4.74 Å². The molecule has 5 rings (SSSR count). The standard InChI is InChI=1S/C23H26FN3O2/c1-15-23(28)25-20-5-2-4-18-19-14-26(12-10-21(19)27(15)22(18)20)11-3-13-29-17-8-6-16(24)7-9-17/h2,4-9,15,19,21H,3,10-14H2,1H3,(H,25,28)/t15?,19-,21-/m0/s1. The van der Waals surface area contributed by atoms with Gasteiger partial charge in [0.15, 0.2) is 0 Å². The van der Waals surface area contributed by atoms with Crippen LogP contribution in [0.25, 0.3) is 0 Å². The van der Waals surface area contributed by atoms with Crippen LogP contribution in [0, 0.1) is 5.82 Å². The van der Waals surface area contributed by atoms with Crippen molar-refractivity contribution in [2.24, 2.45) is 0 Å². The average Bonchev–Trinajstić information content (AvgIpc) is 3.06. The Labute approximate surface area is 170 Å². The second-order valence-corrected chi connectivity index (χ2v) is 8.23. The van der Waals surface area contributed by atoms with Gasteiger partial charge in [-0.05, 0) is 55.7 Å². The lowest BCUT2D eigenvalue weighted by Crippen LogP contribution is -2.53. The number of likely N-dealkylation sites (tertiary alicyclic amines) is 1. The van der Waals surface area contributed by atoms with E-state index in [0.717, 1.165) is 38.2 Å². The Kier molecular flexibility index (Phi) is 4.66. The number of nitrogens with zero attached hydrogens (tertiary/aromatic N) is 2. The van der Waals surface area contributed by atoms with Gasteiger partial charge in [-0.15, -0.1) is 0 Å². The summed E-state index contributed by atoms with van der Waals surface area (Å²) < 4.78 is 18.7. The first kappa shape index (κ1) is 18.4. The molecule has 1 saturated heterocycles. The molecular formula is C23H26FN3O2. The lowest BCUT2D eigenvalue weighted by Gasteiger charge is -2.42. The van der Waals surface area contributed by atoms with Gasteiger partial charge < -0.3 is 19.9 Å². The molecular weight excluding hydrogens is 369 g/mol. The van der Waals surface area contributed by atoms with Crippen LogP contribution in [0.2, 0.25) is 0 Å². The molecule has 1 fully saturated rings. The highest BCUT2D eigenvalue weighted by Crippen LogP contribution is 2.50. The minimum atomic E-state index is -0.246. The van der Waals surface area contributed by atoms with Crippen molar-refractivity contribution in [2.75, 3.05) is 36.5 Å². The summed E-state index contributed by atoms with van der Waals surface area (Å²) in [6.07, 6.45) is 2.00. The van der Waals surface area contributed by atoms with Crippen LogP contribution >= 0.6 is 0 Å². The Morgan fingerprint density at radius 2 is 2.03 bits per heavy atom. The molecule has 0 aliphatic carbocycles. The highest BCUT2D eigenvalue weighted by Gasteiger charge is 2.47. The number of anilines is 2. The zero-order valence-corrected chi connectivity index (χ0v) is 16.6. The molecule has 2 aromatic carbocycles. The number of para-hydroxylation sites is 1. The average molecular weight is 395 g/mol. The van der Waals surface area contributed by atoms with E-state index in [1.807, 2.05) is 13.0 Å². The van der Waals surface area contributed by atoms with Gasteiger partial charge in [-0.2, -0.15) is 0 Å². The van der Waals surface area contributed by atoms with Crippen molar-refractivity contribution >= 4 is 17.3 Å². The fourth-order valence-corrected chi connectivity index (χ4v) is 5.12. The number of nitrogens with one attached hydrogen (secondary N) is 1. The Hall–Kier alpha value is -2.60. The van der Waals surface area contributed by atoms with Crippen molar-refractivity contribution in [3.63, 3.8) is 0 Å². The number of ether oxygens (including phenoxy) is 1. The quantitative estimate of drug-likeness (QED) is 0.786. The first-order valence-corrected chi connectivity index (χ1v) is 10.4. The molecule has 3 aliphatic heterocycles. The van der Waals surface area contributed by atoms with Gasteiger partial charge in [0.2, 0.25) is 5.91 Å². The van der Waals surface area contributed by atoms with Gasteiger partial charge in [0.1, 0.15) is 17.6 Å². The van der Waals surface area contributed by atoms with Gasteiger partial charge >= 0.3 is 0 Å². The molecule has 29 heavy (non-hydrogen) atoms. The van der Waals surface area contributed by atoms with E-state index in [1.54, 1.807) is 12.1 Å². The molecule has 0 aromatic heterocycles. The van der Waals surface area contributed by atoms with Crippen LogP contribution in [0.1, 0.15) is 31.2 Å². The zero-order chi connectivity index (χ0) is 20.0. The van der Waals surface area contributed by atoms with E-state index >= 15 is 0 Å². The summed E-state index contributed by atoms with van der Waals surface area (Å²) >= 11 is 0. The maximum Gasteiger partial charge on any atom is 0.246 e. The fourth-order valence-electron chi connectivity index (χ4n) is 5.12. The number of carbonyl (C=O) groups excluding carboxylic acids is 1. The van der Waals surface area contributed by atoms with Crippen molar-refractivity contribution < 1.29 is 13.9 Å². The monoisotopic (exact) mass is 395 g/mol. The van der Waals surface area contributed by atoms with Gasteiger partial charge in [-0.25, -0.2) is 4.39 Å². The van der Waals surface area contributed by atoms with Gasteiger partial charge in [-0.1, -0.05) is 12.1 Å². The van der Waals surface area contributed by atoms with Crippen molar-refractivity contribution in [1.29, 1.82) is 0 Å². The lowest BCUT2D eigenvalue weighted by molar-refractivity contribution is -0.117. The Balaban J connectivity index is 1.22. The fraction of sp³-hybridized carbons (Fsp3) is 0.435. The summed E-state index contributed by atoms with van der Waals surface area (Å²) in [6.45, 7) is 5.66. The summed E-state index contributed by atoms with van der Waals surface area (Å²) in [5, 5.41) is 3.07. The Bertz CT molecular complexity index is 917. The molecule has 1 amide bonds. The zero-order valence-electron chi connectivity index (χ0n) is 16.6. The smallest absolute Gasteiger partial charge is 0.246 e. The van der Waals surface area contributed by atoms with Crippen LogP contribution in [0.3, 0.4) is 0 Å². The van der Waals surface area contributed by atoms with Gasteiger partial charge in [0.25, 0.3) is 0 Å². The van der Waals surface area contributed by atoms with Crippen LogP contribution in [0.4, 0.5) is 15.8 Å². The third-order valence-corrected chi connectivity index (χ3v) is 6.50. The second kappa shape index (κ2) is 7.34. The SMILES string of the molecule is CC1C(=O)Nc2cccc3c2N1[C@H]1CCN(CCCOc2ccc(F)cc2)C[C@@H]31. The maximum absolute atomic E-state index is 13.0. The van der Waals surface area contributed by atoms with Crippen LogP contribution in [0.5, 0.6) is 5.75 Å². The molecule has 3 heterocycles. The minimum Gasteiger partial charge on any atom is -0.494 e. The molecule has 3 aliphatic rings. The molecule has 152 valence electrons. The van der Waals surface area contributed by atoms with E-state index < -0.39 is 0 Å². The Morgan fingerprint density at radius 1 is 1.21 bits per heavy atom. The molecule has 0 saturated carbocycles. The Morgan fingerprint density at radius 3 is 2.86 bits per heavy atom. The number of amides is 1. The van der Waals surface area contributed by atoms with Gasteiger partial charge in [0, 0.05) is 31.6 Å². The van der Waals surface area contributed by atoms with E-state index in [9.17, 15) is 9.18 Å². The molecule has 1 N–H and O–H groups in total. The van der Waals surface area contributed by atoms with Gasteiger partial charge in [0.05, 0.1) is 18.0 Å². The third-order valence-electron chi connectivity index (χ3n) is 6.50. The van der Waals surface area contributed by atoms with Crippen molar-refractivity contribution in [3.05, 3.63) is 53.8 Å². The first-order chi connectivity index (χ1) is 14.1. The van der Waals surface area contributed by atoms with Crippen molar-refractivity contribution in [3.8, 4) is 5.75 Å². The summed E-state index contributed by atoms with van der Waals surface area (Å²) in [5.41, 5.74) is 3.56. The molecule has 6 heteroatoms. The predicted octanol–water partition coefficient (Wildman–Crippen LogP) is 3.61. The lowest BCUT2D eigenvalue weighted by atomic mass is 9.89. The van der Waals surface area contributed by atoms with E-state index in [0.29, 0.717) is 24.3 Å². The largest absolute Gasteiger partial charge is 0.494 e. The summed E-state index contributed by atoms with van der Waals surface area (Å²) in [7, 11) is 0. The molecule has 1 unspecified atom stereocenters. The predicted molar refractivity (Wildman–Crippen MR) is 111 cm³/mol. The minimum absolute atomic E-state index is 0.0932. The molecule has 5 nitrogen and oxygen atoms in total. The summed E-state index contributed by atoms with van der Waals surface area (Å²) in [4.78, 5) is 17.3. The van der Waals surface area contributed by atoms with E-state index in [-0.39, 0.29) is 17.8 Å². The number of halogens is 1. The highest BCUT2D eigenvalue weighted by atomic mass is 19.1. The summed E-state index contributed by atoms with van der Waals surface area (Å²) in [6, 6.07) is 12.8. The first-order valence-electron chi connectivity index (χ1n) is 10.4. The number of hydrogen-bond acceptors (Lipinski definition) is 4. The van der Waals surface area contributed by atoms with Crippen molar-refractivity contribution in [1.82, 2.24) is 4.90 Å². The molecule has 2 aromatic rings. The molecule has 0 spiro atoms. The maximum atomic E-state index is 13.0. The second-order valence-electron chi connectivity index (χ2n) is 8.23. The molecule has 0 radical (unpaired) electrons. The normalized spacial score (nSPS) is 25.4. The number of carbonyl (C=O) groups is 1. The third kappa shape index (κ3) is 3.25. The topological polar surface area (TPSA) is 44.8 Å².